The Bertz CT molecular complexity index is 1700. The van der Waals surface area contributed by atoms with E-state index >= 15 is 0 Å². The average Bonchev–Trinajstić information content (AvgIpc) is 3.24. The minimum atomic E-state index is -4.27. The molecule has 0 radical (unpaired) electrons. The van der Waals surface area contributed by atoms with Crippen LogP contribution in [0.2, 0.25) is 0 Å². The van der Waals surface area contributed by atoms with Gasteiger partial charge in [0.2, 0.25) is 11.4 Å². The Morgan fingerprint density at radius 2 is 0.841 bits per heavy atom. The van der Waals surface area contributed by atoms with E-state index in [1.165, 1.54) is 58.2 Å². The summed E-state index contributed by atoms with van der Waals surface area (Å²) in [5.41, 5.74) is 10.8. The molecular weight excluding hydrogens is 597 g/mol. The van der Waals surface area contributed by atoms with Gasteiger partial charge in [-0.15, -0.1) is 0 Å². The van der Waals surface area contributed by atoms with Crippen molar-refractivity contribution < 1.29 is 35.1 Å². The summed E-state index contributed by atoms with van der Waals surface area (Å²) in [6, 6.07) is 16.5. The molecule has 3 aromatic carbocycles. The molecule has 44 heavy (non-hydrogen) atoms. The maximum absolute atomic E-state index is 10.4. The summed E-state index contributed by atoms with van der Waals surface area (Å²) < 4.78 is 67.3. The van der Waals surface area contributed by atoms with E-state index in [-0.39, 0.29) is 20.6 Å². The first-order valence-electron chi connectivity index (χ1n) is 14.6. The fourth-order valence-electron chi connectivity index (χ4n) is 5.68. The fourth-order valence-corrected chi connectivity index (χ4v) is 6.61. The number of hydrogen-bond acceptors (Lipinski definition) is 6. The number of benzene rings is 3. The van der Waals surface area contributed by atoms with E-state index in [1.807, 2.05) is 13.8 Å². The first kappa shape index (κ1) is 35.3. The van der Waals surface area contributed by atoms with Gasteiger partial charge in [0.15, 0.2) is 11.4 Å². The van der Waals surface area contributed by atoms with Crippen molar-refractivity contribution in [1.82, 2.24) is 0 Å². The van der Waals surface area contributed by atoms with Crippen molar-refractivity contribution in [1.29, 1.82) is 0 Å². The van der Waals surface area contributed by atoms with E-state index < -0.39 is 20.2 Å². The van der Waals surface area contributed by atoms with Gasteiger partial charge in [-0.3, -0.25) is 0 Å². The minimum absolute atomic E-state index is 0.125. The summed E-state index contributed by atoms with van der Waals surface area (Å²) in [5.74, 6) is 0. The standard InChI is InChI=1S/C20H30N2.2C7H8O3S/c1-9-21-13(3)19(5,6)15-12-18-16(11-17(15)21)20(7,8)14(4)22(18)10-2;2*1-6-2-4-7(5-3-6)11(8,9)10/h11-12H,9-10H2,1-8H3;2*2-5H,1H3,(H,8,9,10)/q+2;;/p-2. The smallest absolute Gasteiger partial charge is 0.210 e. The van der Waals surface area contributed by atoms with Crippen LogP contribution in [0.15, 0.2) is 70.5 Å². The van der Waals surface area contributed by atoms with Gasteiger partial charge in [-0.1, -0.05) is 35.4 Å². The van der Waals surface area contributed by atoms with Gasteiger partial charge < -0.3 is 9.11 Å². The lowest BCUT2D eigenvalue weighted by atomic mass is 9.78. The summed E-state index contributed by atoms with van der Waals surface area (Å²) in [6.45, 7) is 24.2. The Morgan fingerprint density at radius 1 is 0.568 bits per heavy atom. The molecule has 0 aliphatic carbocycles. The molecular formula is C34H44N2O6S2. The molecule has 0 atom stereocenters. The summed E-state index contributed by atoms with van der Waals surface area (Å²) >= 11 is 0. The third-order valence-electron chi connectivity index (χ3n) is 8.91. The zero-order valence-electron chi connectivity index (χ0n) is 27.3. The van der Waals surface area contributed by atoms with Gasteiger partial charge in [0.1, 0.15) is 33.3 Å². The van der Waals surface area contributed by atoms with E-state index in [2.05, 4.69) is 76.7 Å². The summed E-state index contributed by atoms with van der Waals surface area (Å²) in [6.07, 6.45) is 0. The average molecular weight is 641 g/mol. The van der Waals surface area contributed by atoms with Crippen molar-refractivity contribution in [2.24, 2.45) is 0 Å². The number of fused-ring (bicyclic) bond motifs is 2. The second-order valence-corrected chi connectivity index (χ2v) is 15.1. The molecule has 0 unspecified atom stereocenters. The van der Waals surface area contributed by atoms with Crippen LogP contribution >= 0.6 is 0 Å². The third-order valence-corrected chi connectivity index (χ3v) is 10.6. The Morgan fingerprint density at radius 3 is 1.07 bits per heavy atom. The van der Waals surface area contributed by atoms with Crippen LogP contribution in [-0.2, 0) is 31.1 Å². The number of nitrogens with zero attached hydrogens (tertiary/aromatic N) is 2. The van der Waals surface area contributed by atoms with E-state index in [0.29, 0.717) is 0 Å². The van der Waals surface area contributed by atoms with Crippen LogP contribution in [0.25, 0.3) is 0 Å². The molecule has 0 spiro atoms. The van der Waals surface area contributed by atoms with Crippen LogP contribution in [0, 0.1) is 13.8 Å². The van der Waals surface area contributed by atoms with Crippen LogP contribution in [0.4, 0.5) is 11.4 Å². The summed E-state index contributed by atoms with van der Waals surface area (Å²) in [7, 11) is -8.54. The number of rotatable bonds is 4. The van der Waals surface area contributed by atoms with Gasteiger partial charge in [-0.05, 0) is 79.7 Å². The first-order valence-corrected chi connectivity index (χ1v) is 17.5. The molecule has 238 valence electrons. The molecule has 0 saturated heterocycles. The number of aryl methyl sites for hydroxylation is 2. The molecule has 0 amide bonds. The molecule has 2 aliphatic rings. The topological polar surface area (TPSA) is 120 Å². The van der Waals surface area contributed by atoms with E-state index in [1.54, 1.807) is 24.3 Å². The maximum atomic E-state index is 10.4. The SMILES string of the molecule is CC[N+]1=C(C)C(C)(C)c2cc3c(cc21)C(C)(C)C(C)=[N+]3CC.Cc1ccc(S(=O)(=O)[O-])cc1.Cc1ccc(S(=O)(=O)[O-])cc1. The van der Waals surface area contributed by atoms with E-state index in [9.17, 15) is 25.9 Å². The van der Waals surface area contributed by atoms with Gasteiger partial charge in [0.25, 0.3) is 0 Å². The van der Waals surface area contributed by atoms with Crippen LogP contribution < -0.4 is 0 Å². The largest absolute Gasteiger partial charge is 0.744 e. The number of hydrogen-bond donors (Lipinski definition) is 0. The normalized spacial score (nSPS) is 16.5. The predicted octanol–water partition coefficient (Wildman–Crippen LogP) is 6.32. The second kappa shape index (κ2) is 12.7. The molecule has 0 bridgehead atoms. The summed E-state index contributed by atoms with van der Waals surface area (Å²) in [5, 5.41) is 0. The van der Waals surface area contributed by atoms with Crippen LogP contribution in [0.1, 0.15) is 77.6 Å². The van der Waals surface area contributed by atoms with Gasteiger partial charge in [0, 0.05) is 37.1 Å². The van der Waals surface area contributed by atoms with Crippen molar-refractivity contribution in [3.8, 4) is 0 Å². The van der Waals surface area contributed by atoms with Crippen LogP contribution in [-0.4, -0.2) is 59.6 Å². The van der Waals surface area contributed by atoms with Crippen molar-refractivity contribution in [2.75, 3.05) is 13.1 Å². The molecule has 8 nitrogen and oxygen atoms in total. The zero-order valence-corrected chi connectivity index (χ0v) is 29.0. The van der Waals surface area contributed by atoms with Crippen LogP contribution in [0.3, 0.4) is 0 Å². The molecule has 0 saturated carbocycles. The lowest BCUT2D eigenvalue weighted by Gasteiger charge is -2.17. The Hall–Kier alpha value is -3.18. The summed E-state index contributed by atoms with van der Waals surface area (Å²) in [4.78, 5) is -0.355. The highest BCUT2D eigenvalue weighted by molar-refractivity contribution is 7.86. The lowest BCUT2D eigenvalue weighted by Crippen LogP contribution is -2.26. The molecule has 5 rings (SSSR count). The first-order chi connectivity index (χ1) is 20.2. The highest BCUT2D eigenvalue weighted by atomic mass is 32.2. The zero-order chi connectivity index (χ0) is 33.4. The molecule has 0 fully saturated rings. The maximum Gasteiger partial charge on any atom is 0.210 e. The monoisotopic (exact) mass is 640 g/mol. The second-order valence-electron chi connectivity index (χ2n) is 12.3. The van der Waals surface area contributed by atoms with Crippen molar-refractivity contribution in [2.45, 2.75) is 89.9 Å². The highest BCUT2D eigenvalue weighted by Gasteiger charge is 2.49. The fraction of sp³-hybridized carbons (Fsp3) is 0.412. The van der Waals surface area contributed by atoms with Gasteiger partial charge in [0.05, 0.1) is 20.6 Å². The quantitative estimate of drug-likeness (QED) is 0.243. The Labute approximate surface area is 263 Å². The van der Waals surface area contributed by atoms with Gasteiger partial charge >= 0.3 is 0 Å². The van der Waals surface area contributed by atoms with Crippen molar-refractivity contribution in [3.63, 3.8) is 0 Å². The highest BCUT2D eigenvalue weighted by Crippen LogP contribution is 2.48. The van der Waals surface area contributed by atoms with Gasteiger partial charge in [-0.25, -0.2) is 16.8 Å². The predicted molar refractivity (Wildman–Crippen MR) is 173 cm³/mol. The molecule has 0 N–H and O–H groups in total. The molecule has 0 aromatic heterocycles. The van der Waals surface area contributed by atoms with Crippen LogP contribution in [0.5, 0.6) is 0 Å². The third kappa shape index (κ3) is 7.04. The Balaban J connectivity index is 0.000000202. The minimum Gasteiger partial charge on any atom is -0.744 e. The lowest BCUT2D eigenvalue weighted by molar-refractivity contribution is -0.437. The van der Waals surface area contributed by atoms with Crippen molar-refractivity contribution in [3.05, 3.63) is 82.9 Å². The Kier molecular flexibility index (Phi) is 10.2. The molecule has 10 heteroatoms. The van der Waals surface area contributed by atoms with Gasteiger partial charge in [-0.2, -0.15) is 9.15 Å². The molecule has 2 aliphatic heterocycles. The molecule has 3 aromatic rings. The van der Waals surface area contributed by atoms with E-state index in [4.69, 9.17) is 0 Å². The van der Waals surface area contributed by atoms with E-state index in [0.717, 1.165) is 24.2 Å². The van der Waals surface area contributed by atoms with Crippen molar-refractivity contribution >= 4 is 43.0 Å². The molecule has 2 heterocycles.